The Kier molecular flexibility index (Phi) is 3.09. The largest absolute Gasteiger partial charge is 0.295 e. The van der Waals surface area contributed by atoms with Gasteiger partial charge in [0.2, 0.25) is 0 Å². The Hall–Kier alpha value is -1.10. The van der Waals surface area contributed by atoms with Gasteiger partial charge in [0.05, 0.1) is 11.5 Å². The normalized spacial score (nSPS) is 50.4. The zero-order valence-corrected chi connectivity index (χ0v) is 13.9. The van der Waals surface area contributed by atoms with Gasteiger partial charge in [-0.1, -0.05) is 12.5 Å². The Labute approximate surface area is 134 Å². The van der Waals surface area contributed by atoms with Gasteiger partial charge in [-0.3, -0.25) is 4.79 Å². The molecule has 2 nitrogen and oxygen atoms in total. The Morgan fingerprint density at radius 2 is 1.91 bits per heavy atom. The zero-order chi connectivity index (χ0) is 15.5. The van der Waals surface area contributed by atoms with Crippen molar-refractivity contribution in [3.05, 3.63) is 11.6 Å². The number of hydrogen-bond acceptors (Lipinski definition) is 2. The summed E-state index contributed by atoms with van der Waals surface area (Å²) in [4.78, 5) is 11.7. The van der Waals surface area contributed by atoms with E-state index in [9.17, 15) is 10.1 Å². The van der Waals surface area contributed by atoms with Crippen LogP contribution in [0.3, 0.4) is 0 Å². The van der Waals surface area contributed by atoms with Crippen LogP contribution in [0.25, 0.3) is 0 Å². The van der Waals surface area contributed by atoms with E-state index in [-0.39, 0.29) is 10.8 Å². The number of rotatable bonds is 0. The summed E-state index contributed by atoms with van der Waals surface area (Å²) in [6.07, 6.45) is 11.0. The SMILES string of the molecule is CC1(C#N)CCC2C3CCC4=CC(=O)CCC4C3CCC21C. The van der Waals surface area contributed by atoms with Crippen molar-refractivity contribution in [2.45, 2.75) is 65.2 Å². The molecule has 0 aromatic rings. The Bertz CT molecular complexity index is 585. The third kappa shape index (κ3) is 1.75. The number of carbonyl (C=O) groups excluding carboxylic acids is 1. The second-order valence-electron chi connectivity index (χ2n) is 8.74. The number of allylic oxidation sites excluding steroid dienone is 1. The lowest BCUT2D eigenvalue weighted by atomic mass is 9.49. The molecule has 3 saturated carbocycles. The van der Waals surface area contributed by atoms with Crippen LogP contribution in [0, 0.1) is 45.8 Å². The van der Waals surface area contributed by atoms with E-state index in [4.69, 9.17) is 0 Å². The molecule has 0 heterocycles. The van der Waals surface area contributed by atoms with E-state index in [0.29, 0.717) is 11.7 Å². The fourth-order valence-electron chi connectivity index (χ4n) is 6.63. The molecule has 22 heavy (non-hydrogen) atoms. The summed E-state index contributed by atoms with van der Waals surface area (Å²) in [7, 11) is 0. The highest BCUT2D eigenvalue weighted by Gasteiger charge is 2.61. The molecular formula is C20H27NO. The minimum absolute atomic E-state index is 0.124. The number of fused-ring (bicyclic) bond motifs is 5. The molecule has 0 aliphatic heterocycles. The van der Waals surface area contributed by atoms with Crippen LogP contribution in [0.4, 0.5) is 0 Å². The highest BCUT2D eigenvalue weighted by atomic mass is 16.1. The highest BCUT2D eigenvalue weighted by molar-refractivity contribution is 5.91. The first kappa shape index (κ1) is 14.5. The van der Waals surface area contributed by atoms with Crippen LogP contribution < -0.4 is 0 Å². The fourth-order valence-corrected chi connectivity index (χ4v) is 6.63. The first-order valence-electron chi connectivity index (χ1n) is 9.13. The van der Waals surface area contributed by atoms with Crippen LogP contribution in [0.15, 0.2) is 11.6 Å². The van der Waals surface area contributed by atoms with Crippen molar-refractivity contribution in [3.8, 4) is 6.07 Å². The van der Waals surface area contributed by atoms with E-state index >= 15 is 0 Å². The van der Waals surface area contributed by atoms with Gasteiger partial charge < -0.3 is 0 Å². The fraction of sp³-hybridized carbons (Fsp3) is 0.800. The molecule has 0 amide bonds. The standard InChI is InChI=1S/C20H27NO/c1-19(12-21)9-8-18-17-5-3-13-11-14(22)4-6-15(13)16(17)7-10-20(18,19)2/h11,15-18H,3-10H2,1-2H3. The Morgan fingerprint density at radius 3 is 2.68 bits per heavy atom. The number of hydrogen-bond donors (Lipinski definition) is 0. The van der Waals surface area contributed by atoms with E-state index in [1.165, 1.54) is 31.3 Å². The molecule has 6 unspecified atom stereocenters. The third-order valence-electron chi connectivity index (χ3n) is 8.15. The summed E-state index contributed by atoms with van der Waals surface area (Å²) in [6.45, 7) is 4.61. The van der Waals surface area contributed by atoms with E-state index in [0.717, 1.165) is 43.4 Å². The molecule has 118 valence electrons. The third-order valence-corrected chi connectivity index (χ3v) is 8.15. The van der Waals surface area contributed by atoms with Gasteiger partial charge in [-0.25, -0.2) is 0 Å². The van der Waals surface area contributed by atoms with Gasteiger partial charge in [0.15, 0.2) is 5.78 Å². The van der Waals surface area contributed by atoms with Crippen molar-refractivity contribution in [2.24, 2.45) is 34.5 Å². The van der Waals surface area contributed by atoms with Crippen LogP contribution in [-0.2, 0) is 4.79 Å². The van der Waals surface area contributed by atoms with Gasteiger partial charge in [-0.15, -0.1) is 0 Å². The monoisotopic (exact) mass is 297 g/mol. The van der Waals surface area contributed by atoms with Crippen LogP contribution in [0.2, 0.25) is 0 Å². The van der Waals surface area contributed by atoms with Gasteiger partial charge in [0.25, 0.3) is 0 Å². The van der Waals surface area contributed by atoms with Gasteiger partial charge in [-0.2, -0.15) is 5.26 Å². The molecule has 0 spiro atoms. The van der Waals surface area contributed by atoms with Crippen molar-refractivity contribution in [1.82, 2.24) is 0 Å². The summed E-state index contributed by atoms with van der Waals surface area (Å²) in [5.41, 5.74) is 1.55. The first-order valence-corrected chi connectivity index (χ1v) is 9.13. The van der Waals surface area contributed by atoms with Gasteiger partial charge in [0.1, 0.15) is 0 Å². The van der Waals surface area contributed by atoms with Crippen molar-refractivity contribution < 1.29 is 4.79 Å². The maximum absolute atomic E-state index is 11.7. The molecule has 4 aliphatic rings. The molecular weight excluding hydrogens is 270 g/mol. The second kappa shape index (κ2) is 4.70. The van der Waals surface area contributed by atoms with Crippen molar-refractivity contribution >= 4 is 5.78 Å². The average Bonchev–Trinajstić information content (AvgIpc) is 2.79. The predicted octanol–water partition coefficient (Wildman–Crippen LogP) is 4.66. The molecule has 0 aromatic carbocycles. The van der Waals surface area contributed by atoms with Crippen LogP contribution in [0.1, 0.15) is 65.2 Å². The first-order chi connectivity index (χ1) is 10.5. The molecule has 6 atom stereocenters. The molecule has 4 rings (SSSR count). The van der Waals surface area contributed by atoms with E-state index in [1.54, 1.807) is 0 Å². The molecule has 0 radical (unpaired) electrons. The average molecular weight is 297 g/mol. The lowest BCUT2D eigenvalue weighted by molar-refractivity contribution is -0.116. The molecule has 0 bridgehead atoms. The van der Waals surface area contributed by atoms with Crippen LogP contribution >= 0.6 is 0 Å². The predicted molar refractivity (Wildman–Crippen MR) is 85.8 cm³/mol. The summed E-state index contributed by atoms with van der Waals surface area (Å²) < 4.78 is 0. The highest BCUT2D eigenvalue weighted by Crippen LogP contribution is 2.67. The Balaban J connectivity index is 1.65. The minimum atomic E-state index is -0.124. The quantitative estimate of drug-likeness (QED) is 0.652. The maximum atomic E-state index is 11.7. The summed E-state index contributed by atoms with van der Waals surface area (Å²) in [6, 6.07) is 2.68. The lowest BCUT2D eigenvalue weighted by Crippen LogP contribution is -2.48. The summed E-state index contributed by atoms with van der Waals surface area (Å²) in [5, 5.41) is 9.75. The van der Waals surface area contributed by atoms with Crippen molar-refractivity contribution in [3.63, 3.8) is 0 Å². The molecule has 3 fully saturated rings. The number of ketones is 1. The van der Waals surface area contributed by atoms with E-state index < -0.39 is 0 Å². The van der Waals surface area contributed by atoms with E-state index in [2.05, 4.69) is 19.9 Å². The maximum Gasteiger partial charge on any atom is 0.155 e. The molecule has 2 heteroatoms. The minimum Gasteiger partial charge on any atom is -0.295 e. The lowest BCUT2D eigenvalue weighted by Gasteiger charge is -2.55. The molecule has 0 aromatic heterocycles. The Morgan fingerprint density at radius 1 is 1.09 bits per heavy atom. The zero-order valence-electron chi connectivity index (χ0n) is 13.9. The topological polar surface area (TPSA) is 40.9 Å². The van der Waals surface area contributed by atoms with Gasteiger partial charge >= 0.3 is 0 Å². The number of nitrogens with zero attached hydrogens (tertiary/aromatic N) is 1. The van der Waals surface area contributed by atoms with Crippen molar-refractivity contribution in [2.75, 3.05) is 0 Å². The van der Waals surface area contributed by atoms with Gasteiger partial charge in [-0.05, 0) is 87.0 Å². The second-order valence-corrected chi connectivity index (χ2v) is 8.74. The van der Waals surface area contributed by atoms with Crippen LogP contribution in [-0.4, -0.2) is 5.78 Å². The van der Waals surface area contributed by atoms with Crippen molar-refractivity contribution in [1.29, 1.82) is 5.26 Å². The molecule has 0 N–H and O–H groups in total. The number of carbonyl (C=O) groups is 1. The summed E-state index contributed by atoms with van der Waals surface area (Å²) >= 11 is 0. The smallest absolute Gasteiger partial charge is 0.155 e. The molecule has 0 saturated heterocycles. The van der Waals surface area contributed by atoms with E-state index in [1.807, 2.05) is 6.08 Å². The summed E-state index contributed by atoms with van der Waals surface area (Å²) in [5.74, 6) is 3.34. The van der Waals surface area contributed by atoms with Gasteiger partial charge in [0, 0.05) is 6.42 Å². The number of nitriles is 1. The molecule has 4 aliphatic carbocycles. The van der Waals surface area contributed by atoms with Crippen LogP contribution in [0.5, 0.6) is 0 Å².